The molecule has 0 spiro atoms. The summed E-state index contributed by atoms with van der Waals surface area (Å²) in [5.74, 6) is 0.828. The molecule has 2 heteroatoms. The Labute approximate surface area is 113 Å². The van der Waals surface area contributed by atoms with Gasteiger partial charge in [0.25, 0.3) is 0 Å². The third-order valence-corrected chi connectivity index (χ3v) is 4.70. The molecule has 2 nitrogen and oxygen atoms in total. The number of hydrogen-bond donors (Lipinski definition) is 1. The fourth-order valence-electron chi connectivity index (χ4n) is 3.62. The maximum Gasteiger partial charge on any atom is 0.0527 e. The SMILES string of the molecule is CCCC(CC)C1CCCC(C2CCCCN2)=N1. The minimum atomic E-state index is 0.612. The van der Waals surface area contributed by atoms with Gasteiger partial charge in [-0.05, 0) is 51.0 Å². The van der Waals surface area contributed by atoms with Crippen LogP contribution in [0.2, 0.25) is 0 Å². The van der Waals surface area contributed by atoms with Crippen molar-refractivity contribution < 1.29 is 0 Å². The predicted molar refractivity (Wildman–Crippen MR) is 79.4 cm³/mol. The van der Waals surface area contributed by atoms with Gasteiger partial charge in [0, 0.05) is 11.8 Å². The second kappa shape index (κ2) is 7.28. The maximum absolute atomic E-state index is 5.15. The molecule has 3 atom stereocenters. The number of piperidine rings is 1. The van der Waals surface area contributed by atoms with Crippen molar-refractivity contribution in [1.82, 2.24) is 5.32 Å². The predicted octanol–water partition coefficient (Wildman–Crippen LogP) is 3.95. The van der Waals surface area contributed by atoms with Crippen LogP contribution in [0.25, 0.3) is 0 Å². The second-order valence-electron chi connectivity index (χ2n) is 6.04. The largest absolute Gasteiger partial charge is 0.309 e. The molecule has 1 N–H and O–H groups in total. The fourth-order valence-corrected chi connectivity index (χ4v) is 3.62. The van der Waals surface area contributed by atoms with Gasteiger partial charge in [-0.15, -0.1) is 0 Å². The molecule has 2 aliphatic rings. The number of aliphatic imine (C=N–C) groups is 1. The lowest BCUT2D eigenvalue weighted by atomic mass is 9.85. The van der Waals surface area contributed by atoms with Crippen LogP contribution in [-0.4, -0.2) is 24.3 Å². The van der Waals surface area contributed by atoms with Crippen molar-refractivity contribution in [3.8, 4) is 0 Å². The van der Waals surface area contributed by atoms with Gasteiger partial charge in [-0.1, -0.05) is 33.1 Å². The van der Waals surface area contributed by atoms with E-state index < -0.39 is 0 Å². The van der Waals surface area contributed by atoms with Crippen molar-refractivity contribution in [3.05, 3.63) is 0 Å². The lowest BCUT2D eigenvalue weighted by molar-refractivity contribution is 0.346. The highest BCUT2D eigenvalue weighted by Crippen LogP contribution is 2.28. The van der Waals surface area contributed by atoms with Crippen molar-refractivity contribution in [2.75, 3.05) is 6.54 Å². The summed E-state index contributed by atoms with van der Waals surface area (Å²) in [6.07, 6.45) is 11.9. The van der Waals surface area contributed by atoms with Gasteiger partial charge in [0.05, 0.1) is 6.04 Å². The van der Waals surface area contributed by atoms with Crippen LogP contribution in [0, 0.1) is 5.92 Å². The Bertz CT molecular complexity index is 266. The lowest BCUT2D eigenvalue weighted by Gasteiger charge is -2.32. The van der Waals surface area contributed by atoms with Crippen molar-refractivity contribution in [3.63, 3.8) is 0 Å². The Morgan fingerprint density at radius 3 is 2.78 bits per heavy atom. The molecule has 0 radical (unpaired) electrons. The molecule has 0 bridgehead atoms. The monoisotopic (exact) mass is 250 g/mol. The Morgan fingerprint density at radius 2 is 2.11 bits per heavy atom. The van der Waals surface area contributed by atoms with Crippen LogP contribution in [0.1, 0.15) is 71.6 Å². The molecular formula is C16H30N2. The first-order valence-electron chi connectivity index (χ1n) is 8.15. The summed E-state index contributed by atoms with van der Waals surface area (Å²) >= 11 is 0. The van der Waals surface area contributed by atoms with Crippen LogP contribution in [0.4, 0.5) is 0 Å². The van der Waals surface area contributed by atoms with E-state index in [-0.39, 0.29) is 0 Å². The van der Waals surface area contributed by atoms with Crippen LogP contribution >= 0.6 is 0 Å². The molecule has 0 aliphatic carbocycles. The van der Waals surface area contributed by atoms with E-state index >= 15 is 0 Å². The van der Waals surface area contributed by atoms with Crippen molar-refractivity contribution in [1.29, 1.82) is 0 Å². The maximum atomic E-state index is 5.15. The molecule has 2 aliphatic heterocycles. The Kier molecular flexibility index (Phi) is 5.68. The van der Waals surface area contributed by atoms with Crippen LogP contribution in [0.15, 0.2) is 4.99 Å². The van der Waals surface area contributed by atoms with Crippen LogP contribution in [0.5, 0.6) is 0 Å². The standard InChI is InChI=1S/C16H30N2/c1-3-8-13(4-2)14-10-7-11-16(18-14)15-9-5-6-12-17-15/h13-15,17H,3-12H2,1-2H3. The van der Waals surface area contributed by atoms with Crippen LogP contribution in [-0.2, 0) is 0 Å². The zero-order chi connectivity index (χ0) is 12.8. The number of nitrogens with one attached hydrogen (secondary N) is 1. The number of nitrogens with zero attached hydrogens (tertiary/aromatic N) is 1. The summed E-state index contributed by atoms with van der Waals surface area (Å²) in [6.45, 7) is 5.84. The number of hydrogen-bond acceptors (Lipinski definition) is 2. The highest BCUT2D eigenvalue weighted by Gasteiger charge is 2.26. The lowest BCUT2D eigenvalue weighted by Crippen LogP contribution is -2.42. The van der Waals surface area contributed by atoms with Gasteiger partial charge in [0.2, 0.25) is 0 Å². The number of rotatable bonds is 5. The molecule has 18 heavy (non-hydrogen) atoms. The Morgan fingerprint density at radius 1 is 1.22 bits per heavy atom. The fraction of sp³-hybridized carbons (Fsp3) is 0.938. The molecule has 3 unspecified atom stereocenters. The van der Waals surface area contributed by atoms with Gasteiger partial charge in [-0.2, -0.15) is 0 Å². The Balaban J connectivity index is 1.99. The molecule has 104 valence electrons. The summed E-state index contributed by atoms with van der Waals surface area (Å²) in [7, 11) is 0. The smallest absolute Gasteiger partial charge is 0.0527 e. The molecule has 1 saturated heterocycles. The summed E-state index contributed by atoms with van der Waals surface area (Å²) < 4.78 is 0. The Hall–Kier alpha value is -0.370. The van der Waals surface area contributed by atoms with Gasteiger partial charge < -0.3 is 5.32 Å². The highest BCUT2D eigenvalue weighted by molar-refractivity contribution is 5.90. The average Bonchev–Trinajstić information content (AvgIpc) is 2.46. The average molecular weight is 250 g/mol. The third kappa shape index (κ3) is 3.57. The van der Waals surface area contributed by atoms with E-state index in [0.29, 0.717) is 12.1 Å². The van der Waals surface area contributed by atoms with Gasteiger partial charge in [0.15, 0.2) is 0 Å². The molecular weight excluding hydrogens is 220 g/mol. The zero-order valence-corrected chi connectivity index (χ0v) is 12.3. The topological polar surface area (TPSA) is 24.4 Å². The van der Waals surface area contributed by atoms with Gasteiger partial charge in [-0.25, -0.2) is 0 Å². The summed E-state index contributed by atoms with van der Waals surface area (Å²) in [6, 6.07) is 1.24. The van der Waals surface area contributed by atoms with Gasteiger partial charge in [0.1, 0.15) is 0 Å². The van der Waals surface area contributed by atoms with E-state index in [1.165, 1.54) is 70.0 Å². The molecule has 0 aromatic carbocycles. The molecule has 1 fully saturated rings. The first kappa shape index (κ1) is 14.0. The molecule has 0 saturated carbocycles. The zero-order valence-electron chi connectivity index (χ0n) is 12.3. The first-order valence-corrected chi connectivity index (χ1v) is 8.15. The van der Waals surface area contributed by atoms with E-state index in [0.717, 1.165) is 5.92 Å². The molecule has 2 heterocycles. The quantitative estimate of drug-likeness (QED) is 0.785. The third-order valence-electron chi connectivity index (χ3n) is 4.70. The highest BCUT2D eigenvalue weighted by atomic mass is 15.0. The first-order chi connectivity index (χ1) is 8.85. The van der Waals surface area contributed by atoms with Crippen molar-refractivity contribution in [2.24, 2.45) is 10.9 Å². The minimum Gasteiger partial charge on any atom is -0.309 e. The molecule has 2 rings (SSSR count). The summed E-state index contributed by atoms with van der Waals surface area (Å²) in [5.41, 5.74) is 1.50. The normalized spacial score (nSPS) is 30.9. The van der Waals surface area contributed by atoms with E-state index in [2.05, 4.69) is 19.2 Å². The van der Waals surface area contributed by atoms with Crippen LogP contribution < -0.4 is 5.32 Å². The summed E-state index contributed by atoms with van der Waals surface area (Å²) in [4.78, 5) is 5.15. The molecule has 0 amide bonds. The van der Waals surface area contributed by atoms with Crippen LogP contribution in [0.3, 0.4) is 0 Å². The minimum absolute atomic E-state index is 0.612. The van der Waals surface area contributed by atoms with Gasteiger partial charge in [-0.3, -0.25) is 4.99 Å². The molecule has 0 aromatic heterocycles. The summed E-state index contributed by atoms with van der Waals surface area (Å²) in [5, 5.41) is 3.67. The van der Waals surface area contributed by atoms with E-state index in [1.54, 1.807) is 0 Å². The van der Waals surface area contributed by atoms with Crippen molar-refractivity contribution in [2.45, 2.75) is 83.7 Å². The second-order valence-corrected chi connectivity index (χ2v) is 6.04. The van der Waals surface area contributed by atoms with Gasteiger partial charge >= 0.3 is 0 Å². The van der Waals surface area contributed by atoms with E-state index in [4.69, 9.17) is 4.99 Å². The van der Waals surface area contributed by atoms with E-state index in [1.807, 2.05) is 0 Å². The molecule has 0 aromatic rings. The van der Waals surface area contributed by atoms with Crippen molar-refractivity contribution >= 4 is 5.71 Å². The van der Waals surface area contributed by atoms with E-state index in [9.17, 15) is 0 Å².